The van der Waals surface area contributed by atoms with Crippen LogP contribution in [0.25, 0.3) is 0 Å². The molecule has 0 aromatic heterocycles. The first-order valence-electron chi connectivity index (χ1n) is 7.82. The zero-order chi connectivity index (χ0) is 12.9. The van der Waals surface area contributed by atoms with Crippen LogP contribution in [0.1, 0.15) is 36.0 Å². The SMILES string of the molecule is Cc1ccc2c(c1)C1(CC2)CC1NCCC1CNC1. The second kappa shape index (κ2) is 4.32. The molecular weight excluding hydrogens is 232 g/mol. The molecule has 0 radical (unpaired) electrons. The summed E-state index contributed by atoms with van der Waals surface area (Å²) in [6.45, 7) is 5.90. The fraction of sp³-hybridized carbons (Fsp3) is 0.647. The Bertz CT molecular complexity index is 492. The number of hydrogen-bond acceptors (Lipinski definition) is 2. The molecule has 1 saturated carbocycles. The van der Waals surface area contributed by atoms with Crippen molar-refractivity contribution < 1.29 is 0 Å². The largest absolute Gasteiger partial charge is 0.316 e. The third-order valence-corrected chi connectivity index (χ3v) is 5.53. The summed E-state index contributed by atoms with van der Waals surface area (Å²) in [5.74, 6) is 0.931. The molecule has 19 heavy (non-hydrogen) atoms. The Morgan fingerprint density at radius 1 is 1.37 bits per heavy atom. The molecule has 2 N–H and O–H groups in total. The van der Waals surface area contributed by atoms with E-state index in [1.165, 1.54) is 50.9 Å². The maximum absolute atomic E-state index is 3.82. The van der Waals surface area contributed by atoms with Gasteiger partial charge in [-0.2, -0.15) is 0 Å². The highest BCUT2D eigenvalue weighted by atomic mass is 15.0. The summed E-state index contributed by atoms with van der Waals surface area (Å²) in [7, 11) is 0. The number of fused-ring (bicyclic) bond motifs is 2. The van der Waals surface area contributed by atoms with Crippen LogP contribution in [0.5, 0.6) is 0 Å². The minimum atomic E-state index is 0.513. The van der Waals surface area contributed by atoms with Crippen LogP contribution in [0.3, 0.4) is 0 Å². The molecule has 2 nitrogen and oxygen atoms in total. The minimum absolute atomic E-state index is 0.513. The molecule has 1 heterocycles. The van der Waals surface area contributed by atoms with Gasteiger partial charge in [-0.1, -0.05) is 23.8 Å². The van der Waals surface area contributed by atoms with Gasteiger partial charge in [-0.15, -0.1) is 0 Å². The molecule has 2 atom stereocenters. The van der Waals surface area contributed by atoms with Gasteiger partial charge in [-0.3, -0.25) is 0 Å². The van der Waals surface area contributed by atoms with Crippen LogP contribution in [0.4, 0.5) is 0 Å². The molecular formula is C17H24N2. The van der Waals surface area contributed by atoms with Crippen molar-refractivity contribution in [3.63, 3.8) is 0 Å². The third-order valence-electron chi connectivity index (χ3n) is 5.53. The zero-order valence-electron chi connectivity index (χ0n) is 11.8. The molecule has 2 heteroatoms. The Kier molecular flexibility index (Phi) is 2.71. The second-order valence-electron chi connectivity index (χ2n) is 6.84. The van der Waals surface area contributed by atoms with Crippen LogP contribution < -0.4 is 10.6 Å². The predicted octanol–water partition coefficient (Wildman–Crippen LogP) is 2.15. The maximum Gasteiger partial charge on any atom is 0.0174 e. The number of nitrogens with one attached hydrogen (secondary N) is 2. The molecule has 0 bridgehead atoms. The van der Waals surface area contributed by atoms with Crippen molar-refractivity contribution in [2.75, 3.05) is 19.6 Å². The molecule has 4 rings (SSSR count). The van der Waals surface area contributed by atoms with Gasteiger partial charge in [0, 0.05) is 11.5 Å². The average Bonchev–Trinajstić information content (AvgIpc) is 2.93. The quantitative estimate of drug-likeness (QED) is 0.862. The van der Waals surface area contributed by atoms with E-state index in [1.54, 1.807) is 11.1 Å². The van der Waals surface area contributed by atoms with Crippen LogP contribution in [-0.2, 0) is 11.8 Å². The van der Waals surface area contributed by atoms with Gasteiger partial charge in [-0.05, 0) is 69.3 Å². The lowest BCUT2D eigenvalue weighted by molar-refractivity contribution is 0.320. The van der Waals surface area contributed by atoms with Gasteiger partial charge in [0.2, 0.25) is 0 Å². The van der Waals surface area contributed by atoms with Gasteiger partial charge in [0.15, 0.2) is 0 Å². The Hall–Kier alpha value is -0.860. The number of aryl methyl sites for hydroxylation is 2. The molecule has 0 amide bonds. The lowest BCUT2D eigenvalue weighted by atomic mass is 9.95. The summed E-state index contributed by atoms with van der Waals surface area (Å²) < 4.78 is 0. The van der Waals surface area contributed by atoms with E-state index in [4.69, 9.17) is 0 Å². The molecule has 3 aliphatic rings. The molecule has 1 aromatic rings. The maximum atomic E-state index is 3.82. The Balaban J connectivity index is 1.40. The van der Waals surface area contributed by atoms with Crippen LogP contribution in [-0.4, -0.2) is 25.7 Å². The molecule has 1 saturated heterocycles. The first-order chi connectivity index (χ1) is 9.28. The monoisotopic (exact) mass is 256 g/mol. The van der Waals surface area contributed by atoms with E-state index < -0.39 is 0 Å². The van der Waals surface area contributed by atoms with Crippen LogP contribution in [0, 0.1) is 12.8 Å². The van der Waals surface area contributed by atoms with Crippen molar-refractivity contribution >= 4 is 0 Å². The first kappa shape index (κ1) is 11.9. The topological polar surface area (TPSA) is 24.1 Å². The first-order valence-corrected chi connectivity index (χ1v) is 7.82. The lowest BCUT2D eigenvalue weighted by Crippen LogP contribution is -2.43. The number of benzene rings is 1. The van der Waals surface area contributed by atoms with Gasteiger partial charge in [0.1, 0.15) is 0 Å². The fourth-order valence-corrected chi connectivity index (χ4v) is 4.03. The Labute approximate surface area is 116 Å². The third kappa shape index (κ3) is 1.93. The highest BCUT2D eigenvalue weighted by Crippen LogP contribution is 2.56. The average molecular weight is 256 g/mol. The predicted molar refractivity (Wildman–Crippen MR) is 78.6 cm³/mol. The van der Waals surface area contributed by atoms with Crippen molar-refractivity contribution in [2.45, 2.75) is 44.1 Å². The summed E-state index contributed by atoms with van der Waals surface area (Å²) in [6.07, 6.45) is 5.38. The van der Waals surface area contributed by atoms with Crippen molar-refractivity contribution in [1.29, 1.82) is 0 Å². The molecule has 1 aromatic carbocycles. The van der Waals surface area contributed by atoms with Crippen molar-refractivity contribution in [3.05, 3.63) is 34.9 Å². The summed E-state index contributed by atoms with van der Waals surface area (Å²) >= 11 is 0. The van der Waals surface area contributed by atoms with E-state index in [9.17, 15) is 0 Å². The zero-order valence-corrected chi connectivity index (χ0v) is 11.8. The van der Waals surface area contributed by atoms with Crippen LogP contribution >= 0.6 is 0 Å². The normalized spacial score (nSPS) is 32.4. The smallest absolute Gasteiger partial charge is 0.0174 e. The summed E-state index contributed by atoms with van der Waals surface area (Å²) in [5.41, 5.74) is 5.21. The van der Waals surface area contributed by atoms with Gasteiger partial charge in [0.05, 0.1) is 0 Å². The lowest BCUT2D eigenvalue weighted by Gasteiger charge is -2.27. The van der Waals surface area contributed by atoms with E-state index in [1.807, 2.05) is 0 Å². The summed E-state index contributed by atoms with van der Waals surface area (Å²) in [6, 6.07) is 7.82. The van der Waals surface area contributed by atoms with E-state index in [0.29, 0.717) is 5.41 Å². The molecule has 2 aliphatic carbocycles. The standard InChI is InChI=1S/C17H24N2/c1-12-2-3-14-4-6-17(15(14)8-12)9-16(17)19-7-5-13-10-18-11-13/h2-3,8,13,16,18-19H,4-7,9-11H2,1H3. The van der Waals surface area contributed by atoms with E-state index in [2.05, 4.69) is 35.8 Å². The fourth-order valence-electron chi connectivity index (χ4n) is 4.03. The van der Waals surface area contributed by atoms with Gasteiger partial charge < -0.3 is 10.6 Å². The molecule has 1 aliphatic heterocycles. The summed E-state index contributed by atoms with van der Waals surface area (Å²) in [5, 5.41) is 7.18. The van der Waals surface area contributed by atoms with Crippen LogP contribution in [0.15, 0.2) is 18.2 Å². The van der Waals surface area contributed by atoms with E-state index in [-0.39, 0.29) is 0 Å². The van der Waals surface area contributed by atoms with Gasteiger partial charge in [0.25, 0.3) is 0 Å². The Morgan fingerprint density at radius 3 is 3.05 bits per heavy atom. The second-order valence-corrected chi connectivity index (χ2v) is 6.84. The van der Waals surface area contributed by atoms with Crippen molar-refractivity contribution in [1.82, 2.24) is 10.6 Å². The highest BCUT2D eigenvalue weighted by Gasteiger charge is 2.57. The molecule has 1 spiro atoms. The Morgan fingerprint density at radius 2 is 2.26 bits per heavy atom. The van der Waals surface area contributed by atoms with Gasteiger partial charge >= 0.3 is 0 Å². The van der Waals surface area contributed by atoms with E-state index in [0.717, 1.165) is 12.0 Å². The number of rotatable bonds is 4. The molecule has 102 valence electrons. The van der Waals surface area contributed by atoms with Crippen molar-refractivity contribution in [2.24, 2.45) is 5.92 Å². The summed E-state index contributed by atoms with van der Waals surface area (Å²) in [4.78, 5) is 0. The molecule has 2 unspecified atom stereocenters. The van der Waals surface area contributed by atoms with Crippen LogP contribution in [0.2, 0.25) is 0 Å². The van der Waals surface area contributed by atoms with Crippen molar-refractivity contribution in [3.8, 4) is 0 Å². The molecule has 2 fully saturated rings. The van der Waals surface area contributed by atoms with E-state index >= 15 is 0 Å². The van der Waals surface area contributed by atoms with Gasteiger partial charge in [-0.25, -0.2) is 0 Å². The number of hydrogen-bond donors (Lipinski definition) is 2. The highest BCUT2D eigenvalue weighted by molar-refractivity contribution is 5.48. The minimum Gasteiger partial charge on any atom is -0.316 e.